The molecule has 166 valence electrons. The number of benzene rings is 2. The molecule has 1 aliphatic carbocycles. The summed E-state index contributed by atoms with van der Waals surface area (Å²) in [6, 6.07) is 18.9. The predicted molar refractivity (Wildman–Crippen MR) is 130 cm³/mol. The second kappa shape index (κ2) is 12.0. The first-order valence-corrected chi connectivity index (χ1v) is 11.7. The van der Waals surface area contributed by atoms with Crippen LogP contribution in [0.2, 0.25) is 0 Å². The van der Waals surface area contributed by atoms with Gasteiger partial charge in [-0.25, -0.2) is 0 Å². The molecule has 1 fully saturated rings. The fraction of sp³-hybridized carbons (Fsp3) is 0.429. The van der Waals surface area contributed by atoms with E-state index >= 15 is 0 Å². The van der Waals surface area contributed by atoms with Crippen molar-refractivity contribution in [3.63, 3.8) is 0 Å². The molecule has 0 saturated heterocycles. The van der Waals surface area contributed by atoms with Crippen molar-refractivity contribution in [2.45, 2.75) is 58.3 Å². The molecule has 4 heteroatoms. The van der Waals surface area contributed by atoms with Crippen molar-refractivity contribution < 1.29 is 4.74 Å². The second-order valence-corrected chi connectivity index (χ2v) is 8.49. The molecule has 0 atom stereocenters. The van der Waals surface area contributed by atoms with Crippen LogP contribution in [0.5, 0.6) is 5.75 Å². The normalized spacial score (nSPS) is 13.6. The summed E-state index contributed by atoms with van der Waals surface area (Å²) in [7, 11) is 0. The molecular formula is C28H33N3O. The van der Waals surface area contributed by atoms with Gasteiger partial charge in [-0.2, -0.15) is 10.5 Å². The van der Waals surface area contributed by atoms with Crippen molar-refractivity contribution in [2.24, 2.45) is 0 Å². The highest BCUT2D eigenvalue weighted by molar-refractivity contribution is 5.51. The summed E-state index contributed by atoms with van der Waals surface area (Å²) in [5.41, 5.74) is 5.06. The van der Waals surface area contributed by atoms with E-state index in [1.54, 1.807) is 6.08 Å². The monoisotopic (exact) mass is 427 g/mol. The zero-order chi connectivity index (χ0) is 22.8. The van der Waals surface area contributed by atoms with E-state index in [0.717, 1.165) is 41.6 Å². The number of rotatable bonds is 9. The van der Waals surface area contributed by atoms with Crippen molar-refractivity contribution in [2.75, 3.05) is 24.6 Å². The maximum absolute atomic E-state index is 8.90. The standard InChI is InChI=1S/C28H33N3O/c1-3-31(27-14-11-24(22(2)19-27)10-9-23(20-29)21-30)17-18-32-28-15-12-26(13-16-28)25-7-5-4-6-8-25/h9,11-16,19,25H,3-8,10,17-18H2,1-2H3. The third kappa shape index (κ3) is 6.38. The van der Waals surface area contributed by atoms with E-state index < -0.39 is 0 Å². The SMILES string of the molecule is CCN(CCOc1ccc(C2CCCCC2)cc1)c1ccc(CC=C(C#N)C#N)c(C)c1. The van der Waals surface area contributed by atoms with Crippen molar-refractivity contribution in [1.29, 1.82) is 10.5 Å². The smallest absolute Gasteiger partial charge is 0.126 e. The Balaban J connectivity index is 1.54. The first kappa shape index (κ1) is 23.4. The van der Waals surface area contributed by atoms with E-state index in [1.807, 2.05) is 12.1 Å². The number of nitriles is 2. The molecule has 1 saturated carbocycles. The molecule has 0 bridgehead atoms. The van der Waals surface area contributed by atoms with Gasteiger partial charge in [-0.15, -0.1) is 0 Å². The van der Waals surface area contributed by atoms with Crippen LogP contribution in [0.4, 0.5) is 5.69 Å². The van der Waals surface area contributed by atoms with Crippen LogP contribution in [0.1, 0.15) is 61.6 Å². The zero-order valence-electron chi connectivity index (χ0n) is 19.3. The van der Waals surface area contributed by atoms with Gasteiger partial charge in [0, 0.05) is 12.2 Å². The first-order valence-electron chi connectivity index (χ1n) is 11.7. The van der Waals surface area contributed by atoms with E-state index in [9.17, 15) is 0 Å². The molecule has 2 aromatic rings. The van der Waals surface area contributed by atoms with Crippen LogP contribution >= 0.6 is 0 Å². The fourth-order valence-corrected chi connectivity index (χ4v) is 4.45. The van der Waals surface area contributed by atoms with Gasteiger partial charge in [0.2, 0.25) is 0 Å². The number of hydrogen-bond acceptors (Lipinski definition) is 4. The Kier molecular flexibility index (Phi) is 8.76. The van der Waals surface area contributed by atoms with Gasteiger partial charge in [0.25, 0.3) is 0 Å². The van der Waals surface area contributed by atoms with E-state index in [4.69, 9.17) is 15.3 Å². The molecule has 0 aliphatic heterocycles. The highest BCUT2D eigenvalue weighted by Crippen LogP contribution is 2.33. The molecule has 0 unspecified atom stereocenters. The maximum atomic E-state index is 8.90. The molecule has 4 nitrogen and oxygen atoms in total. The van der Waals surface area contributed by atoms with Gasteiger partial charge in [-0.1, -0.05) is 43.5 Å². The van der Waals surface area contributed by atoms with Crippen LogP contribution in [0, 0.1) is 29.6 Å². The van der Waals surface area contributed by atoms with Gasteiger partial charge in [0.15, 0.2) is 0 Å². The third-order valence-electron chi connectivity index (χ3n) is 6.43. The van der Waals surface area contributed by atoms with Crippen LogP contribution in [-0.2, 0) is 6.42 Å². The van der Waals surface area contributed by atoms with Crippen LogP contribution in [-0.4, -0.2) is 19.7 Å². The summed E-state index contributed by atoms with van der Waals surface area (Å²) < 4.78 is 6.04. The molecule has 1 aliphatic rings. The average Bonchev–Trinajstić information content (AvgIpc) is 2.84. The Morgan fingerprint density at radius 2 is 1.78 bits per heavy atom. The van der Waals surface area contributed by atoms with Gasteiger partial charge in [0.1, 0.15) is 30.1 Å². The van der Waals surface area contributed by atoms with E-state index in [0.29, 0.717) is 13.0 Å². The van der Waals surface area contributed by atoms with Gasteiger partial charge < -0.3 is 9.64 Å². The highest BCUT2D eigenvalue weighted by atomic mass is 16.5. The Morgan fingerprint density at radius 3 is 2.41 bits per heavy atom. The van der Waals surface area contributed by atoms with Crippen molar-refractivity contribution in [3.8, 4) is 17.9 Å². The number of anilines is 1. The largest absolute Gasteiger partial charge is 0.492 e. The maximum Gasteiger partial charge on any atom is 0.126 e. The Morgan fingerprint density at radius 1 is 1.06 bits per heavy atom. The van der Waals surface area contributed by atoms with Crippen molar-refractivity contribution in [3.05, 3.63) is 70.8 Å². The van der Waals surface area contributed by atoms with Crippen molar-refractivity contribution in [1.82, 2.24) is 0 Å². The van der Waals surface area contributed by atoms with Gasteiger partial charge in [-0.3, -0.25) is 0 Å². The molecule has 0 spiro atoms. The fourth-order valence-electron chi connectivity index (χ4n) is 4.45. The van der Waals surface area contributed by atoms with Crippen molar-refractivity contribution >= 4 is 5.69 Å². The molecule has 32 heavy (non-hydrogen) atoms. The summed E-state index contributed by atoms with van der Waals surface area (Å²) in [6.07, 6.45) is 9.01. The Labute approximate surface area is 192 Å². The molecule has 0 heterocycles. The molecular weight excluding hydrogens is 394 g/mol. The molecule has 3 rings (SSSR count). The minimum atomic E-state index is 0.160. The van der Waals surface area contributed by atoms with Gasteiger partial charge in [0.05, 0.1) is 6.54 Å². The topological polar surface area (TPSA) is 60.0 Å². The summed E-state index contributed by atoms with van der Waals surface area (Å²) in [6.45, 7) is 6.57. The number of allylic oxidation sites excluding steroid dienone is 2. The summed E-state index contributed by atoms with van der Waals surface area (Å²) in [4.78, 5) is 2.30. The lowest BCUT2D eigenvalue weighted by Gasteiger charge is -2.24. The number of hydrogen-bond donors (Lipinski definition) is 0. The van der Waals surface area contributed by atoms with E-state index in [1.165, 1.54) is 37.7 Å². The number of aryl methyl sites for hydroxylation is 1. The van der Waals surface area contributed by atoms with Crippen LogP contribution < -0.4 is 9.64 Å². The highest BCUT2D eigenvalue weighted by Gasteiger charge is 2.15. The van der Waals surface area contributed by atoms with E-state index in [-0.39, 0.29) is 5.57 Å². The summed E-state index contributed by atoms with van der Waals surface area (Å²) in [5.74, 6) is 1.66. The Bertz CT molecular complexity index is 973. The summed E-state index contributed by atoms with van der Waals surface area (Å²) >= 11 is 0. The molecule has 2 aromatic carbocycles. The average molecular weight is 428 g/mol. The minimum absolute atomic E-state index is 0.160. The molecule has 0 N–H and O–H groups in total. The molecule has 0 radical (unpaired) electrons. The van der Waals surface area contributed by atoms with Gasteiger partial charge >= 0.3 is 0 Å². The quantitative estimate of drug-likeness (QED) is 0.431. The summed E-state index contributed by atoms with van der Waals surface area (Å²) in [5, 5.41) is 17.8. The lowest BCUT2D eigenvalue weighted by molar-refractivity contribution is 0.324. The number of ether oxygens (including phenoxy) is 1. The number of likely N-dealkylation sites (N-methyl/N-ethyl adjacent to an activating group) is 1. The predicted octanol–water partition coefficient (Wildman–Crippen LogP) is 6.46. The molecule has 0 amide bonds. The number of nitrogens with zero attached hydrogens (tertiary/aromatic N) is 3. The van der Waals surface area contributed by atoms with Gasteiger partial charge in [-0.05, 0) is 80.0 Å². The lowest BCUT2D eigenvalue weighted by Crippen LogP contribution is -2.28. The Hall–Kier alpha value is -3.24. The van der Waals surface area contributed by atoms with E-state index in [2.05, 4.69) is 61.2 Å². The zero-order valence-corrected chi connectivity index (χ0v) is 19.3. The third-order valence-corrected chi connectivity index (χ3v) is 6.43. The van der Waals surface area contributed by atoms with Crippen LogP contribution in [0.25, 0.3) is 0 Å². The van der Waals surface area contributed by atoms with Crippen LogP contribution in [0.3, 0.4) is 0 Å². The minimum Gasteiger partial charge on any atom is -0.492 e. The molecule has 0 aromatic heterocycles. The second-order valence-electron chi connectivity index (χ2n) is 8.49. The first-order chi connectivity index (χ1) is 15.6. The van der Waals surface area contributed by atoms with Crippen LogP contribution in [0.15, 0.2) is 54.1 Å². The lowest BCUT2D eigenvalue weighted by atomic mass is 9.84.